The van der Waals surface area contributed by atoms with Gasteiger partial charge in [-0.3, -0.25) is 9.69 Å². The molecule has 2 heterocycles. The molecule has 0 saturated carbocycles. The molecule has 0 unspecified atom stereocenters. The second-order valence-electron chi connectivity index (χ2n) is 6.54. The molecule has 0 N–H and O–H groups in total. The highest BCUT2D eigenvalue weighted by molar-refractivity contribution is 9.10. The Hall–Kier alpha value is -2.19. The molecule has 0 saturated heterocycles. The van der Waals surface area contributed by atoms with E-state index >= 15 is 0 Å². The molecular formula is C18H17BrClN4O3-. The number of amides is 1. The summed E-state index contributed by atoms with van der Waals surface area (Å²) < 4.78 is 0.799. The minimum Gasteiger partial charge on any atom is -0.548 e. The maximum atomic E-state index is 12.7. The number of aryl methyl sites for hydroxylation is 1. The van der Waals surface area contributed by atoms with E-state index in [0.29, 0.717) is 17.6 Å². The molecule has 3 rings (SSSR count). The molecule has 0 spiro atoms. The minimum atomic E-state index is -1.39. The van der Waals surface area contributed by atoms with E-state index < -0.39 is 18.4 Å². The zero-order valence-corrected chi connectivity index (χ0v) is 17.3. The van der Waals surface area contributed by atoms with Crippen LogP contribution in [0.2, 0.25) is 5.15 Å². The summed E-state index contributed by atoms with van der Waals surface area (Å²) in [6.45, 7) is 5.18. The second kappa shape index (κ2) is 7.44. The zero-order chi connectivity index (χ0) is 19.9. The summed E-state index contributed by atoms with van der Waals surface area (Å²) in [5.74, 6) is -0.668. The molecule has 0 aliphatic carbocycles. The van der Waals surface area contributed by atoms with Crippen LogP contribution in [0.3, 0.4) is 0 Å². The first kappa shape index (κ1) is 19.6. The number of carboxylic acids is 1. The van der Waals surface area contributed by atoms with Crippen molar-refractivity contribution in [3.05, 3.63) is 39.2 Å². The average Bonchev–Trinajstić information content (AvgIpc) is 2.56. The number of hydrogen-bond acceptors (Lipinski definition) is 6. The van der Waals surface area contributed by atoms with Crippen LogP contribution in [0.5, 0.6) is 0 Å². The quantitative estimate of drug-likeness (QED) is 0.662. The zero-order valence-electron chi connectivity index (χ0n) is 15.0. The molecule has 9 heteroatoms. The van der Waals surface area contributed by atoms with E-state index in [-0.39, 0.29) is 17.4 Å². The van der Waals surface area contributed by atoms with Crippen molar-refractivity contribution in [3.8, 4) is 0 Å². The largest absolute Gasteiger partial charge is 0.548 e. The van der Waals surface area contributed by atoms with Gasteiger partial charge >= 0.3 is 0 Å². The Labute approximate surface area is 170 Å². The first-order valence-electron chi connectivity index (χ1n) is 8.30. The standard InChI is InChI=1S/C18H18BrClN4O3/c1-9(2)11-4-5-13(12(19)6-11)23-7-14(25)24(8-15(26)27)16-17(20)21-10(3)22-18(16)23/h4-6,9H,7-8H2,1-3H3,(H,26,27)/p-1. The molecule has 2 aromatic rings. The average molecular weight is 453 g/mol. The Morgan fingerprint density at radius 1 is 1.37 bits per heavy atom. The Morgan fingerprint density at radius 3 is 2.67 bits per heavy atom. The lowest BCUT2D eigenvalue weighted by Crippen LogP contribution is -2.49. The van der Waals surface area contributed by atoms with Gasteiger partial charge in [0.05, 0.1) is 18.2 Å². The van der Waals surface area contributed by atoms with Crippen molar-refractivity contribution >= 4 is 56.6 Å². The van der Waals surface area contributed by atoms with Gasteiger partial charge in [-0.25, -0.2) is 9.97 Å². The van der Waals surface area contributed by atoms with Gasteiger partial charge in [0.1, 0.15) is 18.1 Å². The molecule has 27 heavy (non-hydrogen) atoms. The second-order valence-corrected chi connectivity index (χ2v) is 7.75. The third-order valence-electron chi connectivity index (χ3n) is 4.27. The van der Waals surface area contributed by atoms with Crippen LogP contribution >= 0.6 is 27.5 Å². The summed E-state index contributed by atoms with van der Waals surface area (Å²) in [5.41, 5.74) is 2.04. The van der Waals surface area contributed by atoms with Gasteiger partial charge in [-0.1, -0.05) is 31.5 Å². The van der Waals surface area contributed by atoms with Crippen molar-refractivity contribution in [1.29, 1.82) is 0 Å². The van der Waals surface area contributed by atoms with Crippen LogP contribution in [-0.4, -0.2) is 34.9 Å². The van der Waals surface area contributed by atoms with Crippen LogP contribution in [0.1, 0.15) is 31.2 Å². The summed E-state index contributed by atoms with van der Waals surface area (Å²) in [7, 11) is 0. The first-order valence-corrected chi connectivity index (χ1v) is 9.47. The number of fused-ring (bicyclic) bond motifs is 1. The van der Waals surface area contributed by atoms with Crippen molar-refractivity contribution in [2.24, 2.45) is 0 Å². The lowest BCUT2D eigenvalue weighted by molar-refractivity contribution is -0.303. The number of hydrogen-bond donors (Lipinski definition) is 0. The topological polar surface area (TPSA) is 89.5 Å². The van der Waals surface area contributed by atoms with Crippen molar-refractivity contribution in [2.75, 3.05) is 22.9 Å². The van der Waals surface area contributed by atoms with Gasteiger partial charge in [0.15, 0.2) is 11.0 Å². The van der Waals surface area contributed by atoms with E-state index in [1.165, 1.54) is 0 Å². The van der Waals surface area contributed by atoms with E-state index in [2.05, 4.69) is 39.7 Å². The maximum absolute atomic E-state index is 12.7. The number of aliphatic carboxylic acids is 1. The van der Waals surface area contributed by atoms with Crippen molar-refractivity contribution < 1.29 is 14.7 Å². The van der Waals surface area contributed by atoms with Crippen LogP contribution < -0.4 is 14.9 Å². The predicted octanol–water partition coefficient (Wildman–Crippen LogP) is 2.56. The highest BCUT2D eigenvalue weighted by Crippen LogP contribution is 2.42. The van der Waals surface area contributed by atoms with Crippen molar-refractivity contribution in [1.82, 2.24) is 9.97 Å². The summed E-state index contributed by atoms with van der Waals surface area (Å²) in [6.07, 6.45) is 0. The number of anilines is 3. The Kier molecular flexibility index (Phi) is 5.39. The number of halogens is 2. The van der Waals surface area contributed by atoms with Crippen LogP contribution in [0.15, 0.2) is 22.7 Å². The third-order valence-corrected chi connectivity index (χ3v) is 5.17. The molecule has 1 aliphatic rings. The van der Waals surface area contributed by atoms with Crippen LogP contribution in [0.4, 0.5) is 17.2 Å². The normalized spacial score (nSPS) is 13.9. The minimum absolute atomic E-state index is 0.0201. The Morgan fingerprint density at radius 2 is 2.07 bits per heavy atom. The lowest BCUT2D eigenvalue weighted by Gasteiger charge is -2.37. The van der Waals surface area contributed by atoms with Crippen LogP contribution in [-0.2, 0) is 9.59 Å². The summed E-state index contributed by atoms with van der Waals surface area (Å²) in [6, 6.07) is 5.88. The number of carbonyl (C=O) groups is 2. The molecule has 0 radical (unpaired) electrons. The highest BCUT2D eigenvalue weighted by atomic mass is 79.9. The summed E-state index contributed by atoms with van der Waals surface area (Å²) >= 11 is 9.82. The molecule has 0 fully saturated rings. The van der Waals surface area contributed by atoms with E-state index in [4.69, 9.17) is 11.6 Å². The monoisotopic (exact) mass is 451 g/mol. The van der Waals surface area contributed by atoms with Crippen molar-refractivity contribution in [3.63, 3.8) is 0 Å². The van der Waals surface area contributed by atoms with E-state index in [1.54, 1.807) is 11.8 Å². The number of aromatic nitrogens is 2. The van der Waals surface area contributed by atoms with Gasteiger partial charge in [0, 0.05) is 4.47 Å². The number of nitrogens with zero attached hydrogens (tertiary/aromatic N) is 4. The molecule has 0 bridgehead atoms. The fourth-order valence-electron chi connectivity index (χ4n) is 2.96. The van der Waals surface area contributed by atoms with Gasteiger partial charge in [-0.2, -0.15) is 0 Å². The SMILES string of the molecule is Cc1nc(Cl)c2c(n1)N(c1ccc(C(C)C)cc1Br)CC(=O)N2CC(=O)[O-]. The number of carbonyl (C=O) groups excluding carboxylic acids is 2. The van der Waals surface area contributed by atoms with E-state index in [1.807, 2.05) is 18.2 Å². The van der Waals surface area contributed by atoms with Gasteiger partial charge < -0.3 is 14.8 Å². The lowest BCUT2D eigenvalue weighted by atomic mass is 10.0. The Balaban J connectivity index is 2.16. The van der Waals surface area contributed by atoms with Crippen molar-refractivity contribution in [2.45, 2.75) is 26.7 Å². The fraction of sp³-hybridized carbons (Fsp3) is 0.333. The summed E-state index contributed by atoms with van der Waals surface area (Å²) in [4.78, 5) is 35.0. The predicted molar refractivity (Wildman–Crippen MR) is 104 cm³/mol. The number of carboxylic acid groups (broad SMARTS) is 1. The Bertz CT molecular complexity index is 935. The van der Waals surface area contributed by atoms with Gasteiger partial charge in [-0.15, -0.1) is 0 Å². The number of rotatable bonds is 4. The highest BCUT2D eigenvalue weighted by Gasteiger charge is 2.35. The molecule has 142 valence electrons. The van der Waals surface area contributed by atoms with Crippen LogP contribution in [0.25, 0.3) is 0 Å². The van der Waals surface area contributed by atoms with E-state index in [9.17, 15) is 14.7 Å². The molecule has 1 amide bonds. The molecule has 0 atom stereocenters. The third kappa shape index (κ3) is 3.77. The van der Waals surface area contributed by atoms with Crippen LogP contribution in [0, 0.1) is 6.92 Å². The maximum Gasteiger partial charge on any atom is 0.247 e. The van der Waals surface area contributed by atoms with Gasteiger partial charge in [-0.05, 0) is 46.5 Å². The molecular weight excluding hydrogens is 436 g/mol. The molecule has 1 aromatic carbocycles. The number of benzene rings is 1. The smallest absolute Gasteiger partial charge is 0.247 e. The molecule has 1 aliphatic heterocycles. The van der Waals surface area contributed by atoms with Gasteiger partial charge in [0.2, 0.25) is 5.91 Å². The molecule has 7 nitrogen and oxygen atoms in total. The summed E-state index contributed by atoms with van der Waals surface area (Å²) in [5, 5.41) is 11.1. The fourth-order valence-corrected chi connectivity index (χ4v) is 3.88. The molecule has 1 aromatic heterocycles. The first-order chi connectivity index (χ1) is 12.7. The van der Waals surface area contributed by atoms with E-state index in [0.717, 1.165) is 20.6 Å². The van der Waals surface area contributed by atoms with Gasteiger partial charge in [0.25, 0.3) is 0 Å².